The monoisotopic (exact) mass is 190 g/mol. The summed E-state index contributed by atoms with van der Waals surface area (Å²) in [5.74, 6) is 1.16. The molecule has 2 N–H and O–H groups in total. The fourth-order valence-corrected chi connectivity index (χ4v) is 1.11. The van der Waals surface area contributed by atoms with Crippen LogP contribution in [-0.2, 0) is 4.79 Å². The summed E-state index contributed by atoms with van der Waals surface area (Å²) in [6.45, 7) is 1.70. The summed E-state index contributed by atoms with van der Waals surface area (Å²) >= 11 is 1.74. The molecule has 0 aromatic carbocycles. The highest BCUT2D eigenvalue weighted by atomic mass is 32.2. The molecule has 0 aliphatic rings. The quantitative estimate of drug-likeness (QED) is 0.573. The zero-order valence-corrected chi connectivity index (χ0v) is 8.67. The fourth-order valence-electron chi connectivity index (χ4n) is 0.807. The molecule has 0 unspecified atom stereocenters. The van der Waals surface area contributed by atoms with Crippen molar-refractivity contribution in [2.45, 2.75) is 12.8 Å². The van der Waals surface area contributed by atoms with Crippen LogP contribution in [0.2, 0.25) is 0 Å². The summed E-state index contributed by atoms with van der Waals surface area (Å²) < 4.78 is 0. The van der Waals surface area contributed by atoms with Crippen LogP contribution in [0.5, 0.6) is 0 Å². The van der Waals surface area contributed by atoms with Crippen LogP contribution in [0.25, 0.3) is 0 Å². The first-order valence-corrected chi connectivity index (χ1v) is 5.61. The largest absolute Gasteiger partial charge is 0.355 e. The Morgan fingerprint density at radius 2 is 2.17 bits per heavy atom. The lowest BCUT2D eigenvalue weighted by molar-refractivity contribution is -0.121. The van der Waals surface area contributed by atoms with Gasteiger partial charge >= 0.3 is 0 Å². The van der Waals surface area contributed by atoms with Crippen LogP contribution in [0.3, 0.4) is 0 Å². The number of thioether (sulfide) groups is 1. The molecule has 72 valence electrons. The highest BCUT2D eigenvalue weighted by Crippen LogP contribution is 1.89. The van der Waals surface area contributed by atoms with Gasteiger partial charge in [-0.15, -0.1) is 0 Å². The molecule has 0 saturated heterocycles. The van der Waals surface area contributed by atoms with Crippen molar-refractivity contribution in [3.05, 3.63) is 0 Å². The molecule has 1 amide bonds. The minimum Gasteiger partial charge on any atom is -0.355 e. The highest BCUT2D eigenvalue weighted by Gasteiger charge is 1.98. The van der Waals surface area contributed by atoms with E-state index in [9.17, 15) is 4.79 Å². The molecule has 0 aromatic rings. The predicted octanol–water partition coefficient (Wildman–Crippen LogP) is 0.465. The average molecular weight is 190 g/mol. The smallest absolute Gasteiger partial charge is 0.220 e. The van der Waals surface area contributed by atoms with Gasteiger partial charge in [-0.3, -0.25) is 4.79 Å². The van der Waals surface area contributed by atoms with E-state index in [-0.39, 0.29) is 5.91 Å². The first kappa shape index (κ1) is 11.8. The van der Waals surface area contributed by atoms with Crippen LogP contribution < -0.4 is 10.6 Å². The molecule has 0 aliphatic heterocycles. The third-order valence-corrected chi connectivity index (χ3v) is 2.07. The van der Waals surface area contributed by atoms with Crippen molar-refractivity contribution in [2.24, 2.45) is 0 Å². The Labute approximate surface area is 78.7 Å². The topological polar surface area (TPSA) is 41.1 Å². The number of amides is 1. The van der Waals surface area contributed by atoms with E-state index in [1.807, 2.05) is 13.3 Å². The summed E-state index contributed by atoms with van der Waals surface area (Å²) in [4.78, 5) is 11.0. The Morgan fingerprint density at radius 3 is 2.75 bits per heavy atom. The lowest BCUT2D eigenvalue weighted by Gasteiger charge is -2.03. The van der Waals surface area contributed by atoms with Crippen LogP contribution in [-0.4, -0.2) is 38.1 Å². The number of hydrogen-bond acceptors (Lipinski definition) is 3. The average Bonchev–Trinajstić information content (AvgIpc) is 2.06. The van der Waals surface area contributed by atoms with E-state index in [1.54, 1.807) is 11.8 Å². The molecule has 0 fully saturated rings. The molecule has 0 saturated carbocycles. The maximum atomic E-state index is 11.0. The number of nitrogens with one attached hydrogen (secondary N) is 2. The molecule has 0 rings (SSSR count). The van der Waals surface area contributed by atoms with Gasteiger partial charge in [0.2, 0.25) is 5.91 Å². The Hall–Kier alpha value is -0.220. The molecule has 3 nitrogen and oxygen atoms in total. The second-order valence-corrected chi connectivity index (χ2v) is 3.54. The third-order valence-electron chi connectivity index (χ3n) is 1.46. The summed E-state index contributed by atoms with van der Waals surface area (Å²) in [6, 6.07) is 0. The fraction of sp³-hybridized carbons (Fsp3) is 0.875. The summed E-state index contributed by atoms with van der Waals surface area (Å²) in [7, 11) is 1.89. The molecule has 0 spiro atoms. The van der Waals surface area contributed by atoms with Gasteiger partial charge in [0.1, 0.15) is 0 Å². The van der Waals surface area contributed by atoms with Gasteiger partial charge < -0.3 is 10.6 Å². The van der Waals surface area contributed by atoms with Gasteiger partial charge in [-0.1, -0.05) is 0 Å². The lowest BCUT2D eigenvalue weighted by Crippen LogP contribution is -2.26. The van der Waals surface area contributed by atoms with Crippen molar-refractivity contribution in [2.75, 3.05) is 32.1 Å². The standard InChI is InChI=1S/C8H18N2OS/c1-9-5-3-4-8(11)10-6-7-12-2/h9H,3-7H2,1-2H3,(H,10,11). The summed E-state index contributed by atoms with van der Waals surface area (Å²) in [5, 5.41) is 5.86. The van der Waals surface area contributed by atoms with Gasteiger partial charge in [-0.05, 0) is 26.3 Å². The Balaban J connectivity index is 3.10. The molecule has 12 heavy (non-hydrogen) atoms. The second-order valence-electron chi connectivity index (χ2n) is 2.55. The number of rotatable bonds is 7. The van der Waals surface area contributed by atoms with Gasteiger partial charge in [0, 0.05) is 18.7 Å². The Kier molecular flexibility index (Phi) is 8.71. The van der Waals surface area contributed by atoms with Crippen LogP contribution in [0.4, 0.5) is 0 Å². The van der Waals surface area contributed by atoms with Gasteiger partial charge in [0.15, 0.2) is 0 Å². The highest BCUT2D eigenvalue weighted by molar-refractivity contribution is 7.98. The number of carbonyl (C=O) groups excluding carboxylic acids is 1. The molecule has 0 radical (unpaired) electrons. The zero-order valence-electron chi connectivity index (χ0n) is 7.85. The molecule has 0 heterocycles. The Morgan fingerprint density at radius 1 is 1.42 bits per heavy atom. The lowest BCUT2D eigenvalue weighted by atomic mass is 10.3. The van der Waals surface area contributed by atoms with Crippen molar-refractivity contribution >= 4 is 17.7 Å². The van der Waals surface area contributed by atoms with E-state index in [0.717, 1.165) is 25.3 Å². The molecule has 0 aromatic heterocycles. The van der Waals surface area contributed by atoms with Gasteiger partial charge in [-0.2, -0.15) is 11.8 Å². The van der Waals surface area contributed by atoms with Crippen LogP contribution in [0, 0.1) is 0 Å². The minimum atomic E-state index is 0.166. The molecule has 4 heteroatoms. The van der Waals surface area contributed by atoms with Crippen molar-refractivity contribution in [1.82, 2.24) is 10.6 Å². The van der Waals surface area contributed by atoms with Crippen molar-refractivity contribution in [1.29, 1.82) is 0 Å². The van der Waals surface area contributed by atoms with E-state index >= 15 is 0 Å². The van der Waals surface area contributed by atoms with E-state index in [2.05, 4.69) is 10.6 Å². The summed E-state index contributed by atoms with van der Waals surface area (Å²) in [6.07, 6.45) is 3.59. The predicted molar refractivity (Wildman–Crippen MR) is 54.6 cm³/mol. The minimum absolute atomic E-state index is 0.166. The molecule has 0 aliphatic carbocycles. The third kappa shape index (κ3) is 7.88. The molecule has 0 bridgehead atoms. The van der Waals surface area contributed by atoms with E-state index < -0.39 is 0 Å². The summed E-state index contributed by atoms with van der Waals surface area (Å²) in [5.41, 5.74) is 0. The van der Waals surface area contributed by atoms with Crippen LogP contribution >= 0.6 is 11.8 Å². The first-order valence-electron chi connectivity index (χ1n) is 4.21. The van der Waals surface area contributed by atoms with E-state index in [4.69, 9.17) is 0 Å². The maximum absolute atomic E-state index is 11.0. The first-order chi connectivity index (χ1) is 5.81. The molecular weight excluding hydrogens is 172 g/mol. The Bertz CT molecular complexity index is 108. The molecule has 0 atom stereocenters. The van der Waals surface area contributed by atoms with Crippen molar-refractivity contribution in [3.63, 3.8) is 0 Å². The van der Waals surface area contributed by atoms with Crippen LogP contribution in [0.15, 0.2) is 0 Å². The van der Waals surface area contributed by atoms with Crippen LogP contribution in [0.1, 0.15) is 12.8 Å². The zero-order chi connectivity index (χ0) is 9.23. The van der Waals surface area contributed by atoms with Gasteiger partial charge in [-0.25, -0.2) is 0 Å². The number of hydrogen-bond donors (Lipinski definition) is 2. The van der Waals surface area contributed by atoms with E-state index in [0.29, 0.717) is 6.42 Å². The van der Waals surface area contributed by atoms with Crippen molar-refractivity contribution in [3.8, 4) is 0 Å². The number of carbonyl (C=O) groups is 1. The normalized spacial score (nSPS) is 9.83. The SMILES string of the molecule is CNCCCC(=O)NCCSC. The van der Waals surface area contributed by atoms with Gasteiger partial charge in [0.25, 0.3) is 0 Å². The van der Waals surface area contributed by atoms with Crippen molar-refractivity contribution < 1.29 is 4.79 Å². The maximum Gasteiger partial charge on any atom is 0.220 e. The van der Waals surface area contributed by atoms with Gasteiger partial charge in [0.05, 0.1) is 0 Å². The van der Waals surface area contributed by atoms with E-state index in [1.165, 1.54) is 0 Å². The second kappa shape index (κ2) is 8.87. The molecular formula is C8H18N2OS.